The first-order valence-corrected chi connectivity index (χ1v) is 7.61. The van der Waals surface area contributed by atoms with Crippen molar-refractivity contribution in [1.82, 2.24) is 15.2 Å². The third-order valence-electron chi connectivity index (χ3n) is 3.81. The molecule has 0 aliphatic heterocycles. The Labute approximate surface area is 127 Å². The van der Waals surface area contributed by atoms with Crippen molar-refractivity contribution >= 4 is 0 Å². The highest BCUT2D eigenvalue weighted by Crippen LogP contribution is 2.21. The number of benzene rings is 1. The monoisotopic (exact) mass is 286 g/mol. The molecular formula is C17H26N4. The maximum Gasteiger partial charge on any atom is 0.0644 e. The lowest BCUT2D eigenvalue weighted by molar-refractivity contribution is 0.507. The zero-order chi connectivity index (χ0) is 15.4. The van der Waals surface area contributed by atoms with Crippen LogP contribution in [0.3, 0.4) is 0 Å². The lowest BCUT2D eigenvalue weighted by Crippen LogP contribution is -2.29. The van der Waals surface area contributed by atoms with E-state index >= 15 is 0 Å². The topological polar surface area (TPSA) is 55.9 Å². The summed E-state index contributed by atoms with van der Waals surface area (Å²) in [6.45, 7) is 8.65. The van der Waals surface area contributed by atoms with Crippen LogP contribution in [0.5, 0.6) is 0 Å². The van der Waals surface area contributed by atoms with E-state index < -0.39 is 0 Å². The Morgan fingerprint density at radius 1 is 1.05 bits per heavy atom. The van der Waals surface area contributed by atoms with E-state index in [1.54, 1.807) is 0 Å². The van der Waals surface area contributed by atoms with Crippen LogP contribution in [0.4, 0.5) is 0 Å². The Bertz CT molecular complexity index is 554. The average molecular weight is 286 g/mol. The van der Waals surface area contributed by atoms with Gasteiger partial charge in [-0.3, -0.25) is 16.0 Å². The Morgan fingerprint density at radius 3 is 2.14 bits per heavy atom. The minimum atomic E-state index is 0.0849. The van der Waals surface area contributed by atoms with E-state index in [0.717, 1.165) is 12.1 Å². The van der Waals surface area contributed by atoms with Crippen LogP contribution < -0.4 is 11.3 Å². The first kappa shape index (κ1) is 15.7. The second-order valence-electron chi connectivity index (χ2n) is 6.13. The molecule has 21 heavy (non-hydrogen) atoms. The van der Waals surface area contributed by atoms with Gasteiger partial charge in [0.25, 0.3) is 0 Å². The van der Waals surface area contributed by atoms with E-state index in [2.05, 4.69) is 68.6 Å². The fourth-order valence-electron chi connectivity index (χ4n) is 2.37. The molecule has 0 saturated heterocycles. The normalized spacial score (nSPS) is 13.1. The van der Waals surface area contributed by atoms with Crippen molar-refractivity contribution < 1.29 is 0 Å². The molecule has 0 aliphatic carbocycles. The zero-order valence-electron chi connectivity index (χ0n) is 13.4. The molecule has 0 spiro atoms. The van der Waals surface area contributed by atoms with Gasteiger partial charge in [0.2, 0.25) is 0 Å². The first-order chi connectivity index (χ1) is 10.0. The van der Waals surface area contributed by atoms with Gasteiger partial charge in [-0.25, -0.2) is 0 Å². The zero-order valence-corrected chi connectivity index (χ0v) is 13.4. The molecule has 0 saturated carbocycles. The van der Waals surface area contributed by atoms with Crippen LogP contribution in [-0.4, -0.2) is 9.78 Å². The van der Waals surface area contributed by atoms with Crippen molar-refractivity contribution in [2.24, 2.45) is 5.84 Å². The summed E-state index contributed by atoms with van der Waals surface area (Å²) in [5, 5.41) is 4.59. The number of aromatic nitrogens is 2. The largest absolute Gasteiger partial charge is 0.271 e. The van der Waals surface area contributed by atoms with Gasteiger partial charge in [-0.05, 0) is 37.0 Å². The highest BCUT2D eigenvalue weighted by atomic mass is 15.3. The predicted molar refractivity (Wildman–Crippen MR) is 86.9 cm³/mol. The Balaban J connectivity index is 2.11. The van der Waals surface area contributed by atoms with Crippen LogP contribution in [0, 0.1) is 0 Å². The fraction of sp³-hybridized carbons (Fsp3) is 0.471. The van der Waals surface area contributed by atoms with Crippen molar-refractivity contribution in [2.75, 3.05) is 0 Å². The van der Waals surface area contributed by atoms with Gasteiger partial charge in [0.15, 0.2) is 0 Å². The van der Waals surface area contributed by atoms with Crippen molar-refractivity contribution in [3.8, 4) is 0 Å². The van der Waals surface area contributed by atoms with Gasteiger partial charge in [0.05, 0.1) is 11.7 Å². The Hall–Kier alpha value is -1.65. The Kier molecular flexibility index (Phi) is 5.15. The van der Waals surface area contributed by atoms with Gasteiger partial charge in [0.1, 0.15) is 0 Å². The summed E-state index contributed by atoms with van der Waals surface area (Å²) in [5.74, 6) is 6.28. The van der Waals surface area contributed by atoms with Crippen LogP contribution in [0.2, 0.25) is 0 Å². The van der Waals surface area contributed by atoms with Gasteiger partial charge < -0.3 is 0 Å². The van der Waals surface area contributed by atoms with Crippen LogP contribution in [0.25, 0.3) is 0 Å². The second-order valence-corrected chi connectivity index (χ2v) is 6.13. The third-order valence-corrected chi connectivity index (χ3v) is 3.81. The molecular weight excluding hydrogens is 260 g/mol. The lowest BCUT2D eigenvalue weighted by atomic mass is 9.97. The number of nitrogens with zero attached hydrogens (tertiary/aromatic N) is 2. The predicted octanol–water partition coefficient (Wildman–Crippen LogP) is 3.33. The fourth-order valence-corrected chi connectivity index (χ4v) is 2.37. The summed E-state index contributed by atoms with van der Waals surface area (Å²) < 4.78 is 1.98. The minimum Gasteiger partial charge on any atom is -0.271 e. The van der Waals surface area contributed by atoms with Crippen LogP contribution in [0.1, 0.15) is 62.5 Å². The van der Waals surface area contributed by atoms with E-state index in [-0.39, 0.29) is 6.04 Å². The van der Waals surface area contributed by atoms with Gasteiger partial charge in [-0.1, -0.05) is 38.1 Å². The standard InChI is InChI=1S/C17H26N4/c1-12(2)14-5-7-15(8-6-14)17(19-18)11-16-9-10-21(20-16)13(3)4/h5-10,12-13,17,19H,11,18H2,1-4H3. The maximum absolute atomic E-state index is 5.73. The molecule has 4 heteroatoms. The van der Waals surface area contributed by atoms with E-state index in [1.165, 1.54) is 11.1 Å². The highest BCUT2D eigenvalue weighted by Gasteiger charge is 2.13. The number of hydrogen-bond donors (Lipinski definition) is 2. The van der Waals surface area contributed by atoms with Crippen LogP contribution >= 0.6 is 0 Å². The molecule has 4 nitrogen and oxygen atoms in total. The van der Waals surface area contributed by atoms with Gasteiger partial charge in [-0.2, -0.15) is 5.10 Å². The number of rotatable bonds is 6. The van der Waals surface area contributed by atoms with E-state index in [4.69, 9.17) is 5.84 Å². The van der Waals surface area contributed by atoms with E-state index in [1.807, 2.05) is 10.9 Å². The number of nitrogens with one attached hydrogen (secondary N) is 1. The molecule has 0 amide bonds. The second kappa shape index (κ2) is 6.87. The lowest BCUT2D eigenvalue weighted by Gasteiger charge is -2.16. The third kappa shape index (κ3) is 3.93. The molecule has 114 valence electrons. The molecule has 2 rings (SSSR count). The smallest absolute Gasteiger partial charge is 0.0644 e. The van der Waals surface area contributed by atoms with Crippen LogP contribution in [0.15, 0.2) is 36.5 Å². The minimum absolute atomic E-state index is 0.0849. The quantitative estimate of drug-likeness (QED) is 0.632. The van der Waals surface area contributed by atoms with Crippen molar-refractivity contribution in [1.29, 1.82) is 0 Å². The summed E-state index contributed by atoms with van der Waals surface area (Å²) in [5.41, 5.74) is 6.50. The molecule has 0 fully saturated rings. The van der Waals surface area contributed by atoms with Gasteiger partial charge >= 0.3 is 0 Å². The van der Waals surface area contributed by atoms with Crippen molar-refractivity contribution in [3.05, 3.63) is 53.3 Å². The summed E-state index contributed by atoms with van der Waals surface area (Å²) in [6, 6.07) is 11.2. The molecule has 1 heterocycles. The SMILES string of the molecule is CC(C)c1ccc(C(Cc2ccn(C(C)C)n2)NN)cc1. The Morgan fingerprint density at radius 2 is 1.67 bits per heavy atom. The molecule has 0 radical (unpaired) electrons. The van der Waals surface area contributed by atoms with Gasteiger partial charge in [0, 0.05) is 18.7 Å². The van der Waals surface area contributed by atoms with Gasteiger partial charge in [-0.15, -0.1) is 0 Å². The molecule has 1 aromatic heterocycles. The van der Waals surface area contributed by atoms with E-state index in [9.17, 15) is 0 Å². The van der Waals surface area contributed by atoms with Crippen LogP contribution in [-0.2, 0) is 6.42 Å². The van der Waals surface area contributed by atoms with Crippen molar-refractivity contribution in [3.63, 3.8) is 0 Å². The summed E-state index contributed by atoms with van der Waals surface area (Å²) in [6.07, 6.45) is 2.81. The molecule has 1 aromatic carbocycles. The molecule has 1 unspecified atom stereocenters. The molecule has 0 bridgehead atoms. The first-order valence-electron chi connectivity index (χ1n) is 7.61. The molecule has 1 atom stereocenters. The van der Waals surface area contributed by atoms with E-state index in [0.29, 0.717) is 12.0 Å². The maximum atomic E-state index is 5.73. The summed E-state index contributed by atoms with van der Waals surface area (Å²) in [7, 11) is 0. The molecule has 2 aromatic rings. The number of hydrogen-bond acceptors (Lipinski definition) is 3. The average Bonchev–Trinajstić information content (AvgIpc) is 2.93. The van der Waals surface area contributed by atoms with Crippen molar-refractivity contribution in [2.45, 2.75) is 52.1 Å². The molecule has 0 aliphatic rings. The number of hydrazine groups is 1. The summed E-state index contributed by atoms with van der Waals surface area (Å²) in [4.78, 5) is 0. The highest BCUT2D eigenvalue weighted by molar-refractivity contribution is 5.27. The number of nitrogens with two attached hydrogens (primary N) is 1. The summed E-state index contributed by atoms with van der Waals surface area (Å²) >= 11 is 0. The molecule has 3 N–H and O–H groups in total.